The molecule has 0 aliphatic rings. The minimum atomic E-state index is -0.291. The summed E-state index contributed by atoms with van der Waals surface area (Å²) in [5.74, 6) is -0.291. The lowest BCUT2D eigenvalue weighted by atomic mass is 9.95. The molecule has 0 saturated heterocycles. The summed E-state index contributed by atoms with van der Waals surface area (Å²) in [5.41, 5.74) is 7.33. The zero-order valence-electron chi connectivity index (χ0n) is 13.6. The van der Waals surface area contributed by atoms with Crippen LogP contribution in [0.15, 0.2) is 24.4 Å². The summed E-state index contributed by atoms with van der Waals surface area (Å²) in [6.45, 7) is 8.19. The second-order valence-corrected chi connectivity index (χ2v) is 5.63. The van der Waals surface area contributed by atoms with Gasteiger partial charge in [0.25, 0.3) is 0 Å². The minimum Gasteiger partial charge on any atom is -0.465 e. The number of aryl methyl sites for hydroxylation is 5. The SMILES string of the molecule is COC(=O)c1cc(-c2c(C)cc(C)c[n+]2C)c(C)cc1C. The number of nitrogens with zero attached hydrogens (tertiary/aromatic N) is 1. The summed E-state index contributed by atoms with van der Waals surface area (Å²) in [5, 5.41) is 0. The maximum Gasteiger partial charge on any atom is 0.338 e. The Morgan fingerprint density at radius 3 is 2.24 bits per heavy atom. The molecule has 0 N–H and O–H groups in total. The number of hydrogen-bond acceptors (Lipinski definition) is 2. The number of benzene rings is 1. The molecule has 0 bridgehead atoms. The molecule has 0 radical (unpaired) electrons. The van der Waals surface area contributed by atoms with Gasteiger partial charge in [-0.15, -0.1) is 0 Å². The minimum absolute atomic E-state index is 0.291. The van der Waals surface area contributed by atoms with Crippen LogP contribution in [0.1, 0.15) is 32.6 Å². The standard InChI is InChI=1S/C18H22NO2/c1-11-7-14(4)17(19(5)10-11)15-9-16(18(20)21-6)13(3)8-12(15)2/h7-10H,1-6H3/q+1. The summed E-state index contributed by atoms with van der Waals surface area (Å²) in [4.78, 5) is 11.9. The third kappa shape index (κ3) is 2.82. The molecule has 0 atom stereocenters. The van der Waals surface area contributed by atoms with Gasteiger partial charge < -0.3 is 4.74 Å². The average molecular weight is 284 g/mol. The molecular weight excluding hydrogens is 262 g/mol. The second-order valence-electron chi connectivity index (χ2n) is 5.63. The van der Waals surface area contributed by atoms with E-state index >= 15 is 0 Å². The number of rotatable bonds is 2. The summed E-state index contributed by atoms with van der Waals surface area (Å²) >= 11 is 0. The number of carbonyl (C=O) groups excluding carboxylic acids is 1. The third-order valence-corrected chi connectivity index (χ3v) is 3.80. The molecule has 0 spiro atoms. The van der Waals surface area contributed by atoms with E-state index in [0.717, 1.165) is 22.4 Å². The lowest BCUT2D eigenvalue weighted by Gasteiger charge is -2.12. The molecule has 3 heteroatoms. The fourth-order valence-electron chi connectivity index (χ4n) is 2.93. The van der Waals surface area contributed by atoms with Crippen molar-refractivity contribution in [2.45, 2.75) is 27.7 Å². The highest BCUT2D eigenvalue weighted by molar-refractivity contribution is 5.92. The normalized spacial score (nSPS) is 10.6. The molecule has 3 nitrogen and oxygen atoms in total. The Balaban J connectivity index is 2.73. The van der Waals surface area contributed by atoms with Crippen LogP contribution < -0.4 is 4.57 Å². The molecule has 0 aliphatic heterocycles. The number of methoxy groups -OCH3 is 1. The average Bonchev–Trinajstić information content (AvgIpc) is 2.39. The van der Waals surface area contributed by atoms with E-state index in [-0.39, 0.29) is 5.97 Å². The van der Waals surface area contributed by atoms with Crippen molar-refractivity contribution >= 4 is 5.97 Å². The topological polar surface area (TPSA) is 30.2 Å². The fourth-order valence-corrected chi connectivity index (χ4v) is 2.93. The zero-order valence-corrected chi connectivity index (χ0v) is 13.6. The Morgan fingerprint density at radius 1 is 1.00 bits per heavy atom. The molecular formula is C18H22NO2+. The predicted octanol–water partition coefficient (Wildman–Crippen LogP) is 3.20. The number of pyridine rings is 1. The van der Waals surface area contributed by atoms with E-state index < -0.39 is 0 Å². The van der Waals surface area contributed by atoms with Crippen molar-refractivity contribution in [3.05, 3.63) is 52.2 Å². The Labute approximate surface area is 126 Å². The first-order chi connectivity index (χ1) is 9.85. The Morgan fingerprint density at radius 2 is 1.67 bits per heavy atom. The Hall–Kier alpha value is -2.16. The van der Waals surface area contributed by atoms with E-state index in [9.17, 15) is 4.79 Å². The third-order valence-electron chi connectivity index (χ3n) is 3.80. The first kappa shape index (κ1) is 15.2. The van der Waals surface area contributed by atoms with Crippen LogP contribution in [0.2, 0.25) is 0 Å². The van der Waals surface area contributed by atoms with E-state index in [1.165, 1.54) is 18.2 Å². The van der Waals surface area contributed by atoms with Crippen molar-refractivity contribution in [2.75, 3.05) is 7.11 Å². The van der Waals surface area contributed by atoms with Gasteiger partial charge in [-0.2, -0.15) is 0 Å². The highest BCUT2D eigenvalue weighted by Crippen LogP contribution is 2.27. The van der Waals surface area contributed by atoms with Crippen LogP contribution >= 0.6 is 0 Å². The van der Waals surface area contributed by atoms with E-state index in [4.69, 9.17) is 4.74 Å². The van der Waals surface area contributed by atoms with Crippen molar-refractivity contribution in [3.63, 3.8) is 0 Å². The Bertz CT molecular complexity index is 694. The number of aromatic nitrogens is 1. The molecule has 0 amide bonds. The molecule has 0 aliphatic carbocycles. The number of hydrogen-bond donors (Lipinski definition) is 0. The summed E-state index contributed by atoms with van der Waals surface area (Å²) in [6.07, 6.45) is 2.10. The second kappa shape index (κ2) is 5.68. The molecule has 21 heavy (non-hydrogen) atoms. The van der Waals surface area contributed by atoms with Gasteiger partial charge in [0.05, 0.1) is 18.2 Å². The maximum atomic E-state index is 11.9. The largest absolute Gasteiger partial charge is 0.465 e. The number of ether oxygens (including phenoxy) is 1. The molecule has 0 fully saturated rings. The zero-order chi connectivity index (χ0) is 15.7. The van der Waals surface area contributed by atoms with Gasteiger partial charge in [-0.1, -0.05) is 6.07 Å². The molecule has 1 aromatic heterocycles. The van der Waals surface area contributed by atoms with Gasteiger partial charge in [0.2, 0.25) is 5.69 Å². The lowest BCUT2D eigenvalue weighted by molar-refractivity contribution is -0.661. The van der Waals surface area contributed by atoms with E-state index in [2.05, 4.69) is 37.6 Å². The van der Waals surface area contributed by atoms with Crippen molar-refractivity contribution in [1.29, 1.82) is 0 Å². The number of carbonyl (C=O) groups is 1. The molecule has 0 saturated carbocycles. The molecule has 2 aromatic rings. The molecule has 2 rings (SSSR count). The summed E-state index contributed by atoms with van der Waals surface area (Å²) in [6, 6.07) is 6.14. The highest BCUT2D eigenvalue weighted by Gasteiger charge is 2.20. The lowest BCUT2D eigenvalue weighted by Crippen LogP contribution is -2.32. The van der Waals surface area contributed by atoms with E-state index in [1.54, 1.807) is 0 Å². The van der Waals surface area contributed by atoms with Crippen molar-refractivity contribution in [3.8, 4) is 11.3 Å². The van der Waals surface area contributed by atoms with Gasteiger partial charge in [0.1, 0.15) is 7.05 Å². The van der Waals surface area contributed by atoms with Crippen molar-refractivity contribution in [2.24, 2.45) is 7.05 Å². The monoisotopic (exact) mass is 284 g/mol. The van der Waals surface area contributed by atoms with Crippen LogP contribution in [0.4, 0.5) is 0 Å². The summed E-state index contributed by atoms with van der Waals surface area (Å²) in [7, 11) is 3.45. The van der Waals surface area contributed by atoms with Gasteiger partial charge in [0.15, 0.2) is 6.20 Å². The number of esters is 1. The van der Waals surface area contributed by atoms with E-state index in [0.29, 0.717) is 5.56 Å². The highest BCUT2D eigenvalue weighted by atomic mass is 16.5. The van der Waals surface area contributed by atoms with Crippen LogP contribution in [0.25, 0.3) is 11.3 Å². The van der Waals surface area contributed by atoms with Crippen LogP contribution in [0.3, 0.4) is 0 Å². The summed E-state index contributed by atoms with van der Waals surface area (Å²) < 4.78 is 7.00. The first-order valence-electron chi connectivity index (χ1n) is 7.02. The molecule has 1 aromatic carbocycles. The van der Waals surface area contributed by atoms with Gasteiger partial charge in [-0.25, -0.2) is 9.36 Å². The van der Waals surface area contributed by atoms with Crippen molar-refractivity contribution in [1.82, 2.24) is 0 Å². The van der Waals surface area contributed by atoms with Crippen LogP contribution in [-0.4, -0.2) is 13.1 Å². The quantitative estimate of drug-likeness (QED) is 0.626. The first-order valence-corrected chi connectivity index (χ1v) is 7.02. The van der Waals surface area contributed by atoms with Crippen LogP contribution in [-0.2, 0) is 11.8 Å². The molecule has 0 unspecified atom stereocenters. The smallest absolute Gasteiger partial charge is 0.338 e. The van der Waals surface area contributed by atoms with Crippen LogP contribution in [0, 0.1) is 27.7 Å². The Kier molecular flexibility index (Phi) is 4.12. The maximum absolute atomic E-state index is 11.9. The van der Waals surface area contributed by atoms with Crippen LogP contribution in [0.5, 0.6) is 0 Å². The van der Waals surface area contributed by atoms with Gasteiger partial charge >= 0.3 is 5.97 Å². The van der Waals surface area contributed by atoms with Gasteiger partial charge in [-0.3, -0.25) is 0 Å². The van der Waals surface area contributed by atoms with E-state index in [1.807, 2.05) is 26.1 Å². The molecule has 110 valence electrons. The van der Waals surface area contributed by atoms with Gasteiger partial charge in [0, 0.05) is 11.1 Å². The predicted molar refractivity (Wildman–Crippen MR) is 83.3 cm³/mol. The molecule has 1 heterocycles. The van der Waals surface area contributed by atoms with Gasteiger partial charge in [-0.05, 0) is 51.0 Å². The van der Waals surface area contributed by atoms with Crippen molar-refractivity contribution < 1.29 is 14.1 Å². The fraction of sp³-hybridized carbons (Fsp3) is 0.333.